The van der Waals surface area contributed by atoms with Crippen molar-refractivity contribution < 1.29 is 4.79 Å². The van der Waals surface area contributed by atoms with Gasteiger partial charge in [-0.3, -0.25) is 9.79 Å². The highest BCUT2D eigenvalue weighted by atomic mass is 32.2. The standard InChI is InChI=1S/C20H19N3OS3/c1-23(12-18-22-16-8-4-5-9-17(16)27-18)19(24)15-7-3-2-6-14(15)13-26-20-21-10-11-25-20/h2-9H,10-13H2,1H3. The number of aromatic nitrogens is 1. The largest absolute Gasteiger partial charge is 0.335 e. The van der Waals surface area contributed by atoms with Crippen molar-refractivity contribution in [3.63, 3.8) is 0 Å². The summed E-state index contributed by atoms with van der Waals surface area (Å²) in [6, 6.07) is 15.9. The average molecular weight is 414 g/mol. The molecule has 2 aromatic carbocycles. The number of rotatable bonds is 5. The Morgan fingerprint density at radius 1 is 1.19 bits per heavy atom. The molecule has 0 aliphatic carbocycles. The van der Waals surface area contributed by atoms with E-state index in [1.54, 1.807) is 39.8 Å². The molecule has 4 nitrogen and oxygen atoms in total. The van der Waals surface area contributed by atoms with Crippen LogP contribution >= 0.6 is 34.9 Å². The number of hydrogen-bond donors (Lipinski definition) is 0. The maximum absolute atomic E-state index is 13.0. The van der Waals surface area contributed by atoms with Gasteiger partial charge in [-0.1, -0.05) is 53.9 Å². The third kappa shape index (κ3) is 4.36. The molecule has 27 heavy (non-hydrogen) atoms. The summed E-state index contributed by atoms with van der Waals surface area (Å²) in [5, 5.41) is 0.954. The number of thioether (sulfide) groups is 2. The Hall–Kier alpha value is -1.83. The normalized spacial score (nSPS) is 13.7. The van der Waals surface area contributed by atoms with E-state index in [1.165, 1.54) is 0 Å². The third-order valence-corrected chi connectivity index (χ3v) is 7.54. The minimum absolute atomic E-state index is 0.0338. The van der Waals surface area contributed by atoms with Crippen molar-refractivity contribution >= 4 is 55.4 Å². The van der Waals surface area contributed by atoms with Gasteiger partial charge in [0.2, 0.25) is 0 Å². The van der Waals surface area contributed by atoms with Crippen LogP contribution in [0.3, 0.4) is 0 Å². The molecular weight excluding hydrogens is 394 g/mol. The molecule has 138 valence electrons. The molecule has 1 aliphatic heterocycles. The molecule has 0 N–H and O–H groups in total. The number of carbonyl (C=O) groups is 1. The smallest absolute Gasteiger partial charge is 0.254 e. The van der Waals surface area contributed by atoms with Gasteiger partial charge in [-0.25, -0.2) is 4.98 Å². The molecule has 0 radical (unpaired) electrons. The number of nitrogens with zero attached hydrogens (tertiary/aromatic N) is 3. The van der Waals surface area contributed by atoms with E-state index in [4.69, 9.17) is 0 Å². The van der Waals surface area contributed by atoms with E-state index in [0.717, 1.165) is 48.8 Å². The SMILES string of the molecule is CN(Cc1nc2ccccc2s1)C(=O)c1ccccc1CSC1=NCCS1. The molecule has 2 heterocycles. The lowest BCUT2D eigenvalue weighted by Gasteiger charge is -2.18. The van der Waals surface area contributed by atoms with Crippen molar-refractivity contribution in [2.45, 2.75) is 12.3 Å². The summed E-state index contributed by atoms with van der Waals surface area (Å²) in [6.45, 7) is 1.42. The third-order valence-electron chi connectivity index (χ3n) is 4.21. The van der Waals surface area contributed by atoms with Gasteiger partial charge in [-0.15, -0.1) is 11.3 Å². The summed E-state index contributed by atoms with van der Waals surface area (Å²) >= 11 is 5.16. The first kappa shape index (κ1) is 18.5. The zero-order valence-electron chi connectivity index (χ0n) is 14.9. The fraction of sp³-hybridized carbons (Fsp3) is 0.250. The Labute approximate surface area is 171 Å². The summed E-state index contributed by atoms with van der Waals surface area (Å²) in [5.41, 5.74) is 2.81. The zero-order valence-corrected chi connectivity index (χ0v) is 17.4. The van der Waals surface area contributed by atoms with Gasteiger partial charge in [0.05, 0.1) is 23.3 Å². The monoisotopic (exact) mass is 413 g/mol. The first-order chi connectivity index (χ1) is 13.2. The number of amides is 1. The molecule has 1 aliphatic rings. The number of aliphatic imine (C=N–C) groups is 1. The molecule has 0 saturated heterocycles. The molecule has 1 aromatic heterocycles. The van der Waals surface area contributed by atoms with Crippen LogP contribution < -0.4 is 0 Å². The van der Waals surface area contributed by atoms with Crippen molar-refractivity contribution in [2.75, 3.05) is 19.3 Å². The Morgan fingerprint density at radius 3 is 2.81 bits per heavy atom. The first-order valence-corrected chi connectivity index (χ1v) is 11.5. The second kappa shape index (κ2) is 8.46. The number of benzene rings is 2. The molecule has 1 amide bonds. The quantitative estimate of drug-likeness (QED) is 0.596. The summed E-state index contributed by atoms with van der Waals surface area (Å²) in [4.78, 5) is 23.9. The van der Waals surface area contributed by atoms with Crippen molar-refractivity contribution in [3.05, 3.63) is 64.7 Å². The molecule has 7 heteroatoms. The predicted molar refractivity (Wildman–Crippen MR) is 118 cm³/mol. The van der Waals surface area contributed by atoms with Crippen LogP contribution in [0.25, 0.3) is 10.2 Å². The predicted octanol–water partition coefficient (Wildman–Crippen LogP) is 4.90. The Balaban J connectivity index is 1.47. The van der Waals surface area contributed by atoms with Gasteiger partial charge in [0.15, 0.2) is 0 Å². The second-order valence-electron chi connectivity index (χ2n) is 6.18. The van der Waals surface area contributed by atoms with Crippen LogP contribution in [0, 0.1) is 0 Å². The molecule has 0 unspecified atom stereocenters. The maximum atomic E-state index is 13.0. The summed E-state index contributed by atoms with van der Waals surface area (Å²) in [5.74, 6) is 1.86. The van der Waals surface area contributed by atoms with Crippen molar-refractivity contribution in [1.82, 2.24) is 9.88 Å². The number of fused-ring (bicyclic) bond motifs is 1. The zero-order chi connectivity index (χ0) is 18.6. The van der Waals surface area contributed by atoms with E-state index in [1.807, 2.05) is 49.5 Å². The van der Waals surface area contributed by atoms with E-state index in [-0.39, 0.29) is 5.91 Å². The van der Waals surface area contributed by atoms with E-state index in [0.29, 0.717) is 6.54 Å². The number of carbonyl (C=O) groups excluding carboxylic acids is 1. The van der Waals surface area contributed by atoms with Gasteiger partial charge in [0.1, 0.15) is 9.38 Å². The molecular formula is C20H19N3OS3. The molecule has 0 bridgehead atoms. The van der Waals surface area contributed by atoms with E-state index >= 15 is 0 Å². The van der Waals surface area contributed by atoms with Gasteiger partial charge >= 0.3 is 0 Å². The van der Waals surface area contributed by atoms with Crippen molar-refractivity contribution in [1.29, 1.82) is 0 Å². The Morgan fingerprint density at radius 2 is 2.00 bits per heavy atom. The van der Waals surface area contributed by atoms with Crippen LogP contribution in [-0.2, 0) is 12.3 Å². The van der Waals surface area contributed by atoms with Crippen molar-refractivity contribution in [3.8, 4) is 0 Å². The maximum Gasteiger partial charge on any atom is 0.254 e. The van der Waals surface area contributed by atoms with Crippen LogP contribution in [0.4, 0.5) is 0 Å². The highest BCUT2D eigenvalue weighted by Crippen LogP contribution is 2.27. The first-order valence-electron chi connectivity index (χ1n) is 8.68. The summed E-state index contributed by atoms with van der Waals surface area (Å²) in [6.07, 6.45) is 0. The van der Waals surface area contributed by atoms with E-state index in [9.17, 15) is 4.79 Å². The van der Waals surface area contributed by atoms with Gasteiger partial charge in [0.25, 0.3) is 5.91 Å². The molecule has 4 rings (SSSR count). The van der Waals surface area contributed by atoms with Gasteiger partial charge in [-0.05, 0) is 23.8 Å². The lowest BCUT2D eigenvalue weighted by atomic mass is 10.1. The molecule has 0 spiro atoms. The summed E-state index contributed by atoms with van der Waals surface area (Å²) < 4.78 is 2.28. The minimum Gasteiger partial charge on any atom is -0.335 e. The second-order valence-corrected chi connectivity index (χ2v) is 9.60. The fourth-order valence-corrected chi connectivity index (χ4v) is 5.90. The van der Waals surface area contributed by atoms with Crippen LogP contribution in [0.1, 0.15) is 20.9 Å². The highest BCUT2D eigenvalue weighted by molar-refractivity contribution is 8.38. The molecule has 3 aromatic rings. The van der Waals surface area contributed by atoms with Gasteiger partial charge in [0, 0.05) is 24.1 Å². The van der Waals surface area contributed by atoms with Crippen LogP contribution in [0.15, 0.2) is 53.5 Å². The lowest BCUT2D eigenvalue weighted by Crippen LogP contribution is -2.27. The average Bonchev–Trinajstić information content (AvgIpc) is 3.35. The number of hydrogen-bond acceptors (Lipinski definition) is 6. The fourth-order valence-electron chi connectivity index (χ4n) is 2.87. The molecule has 0 saturated carbocycles. The lowest BCUT2D eigenvalue weighted by molar-refractivity contribution is 0.0784. The number of thiazole rings is 1. The van der Waals surface area contributed by atoms with Crippen LogP contribution in [0.5, 0.6) is 0 Å². The van der Waals surface area contributed by atoms with Crippen LogP contribution in [0.2, 0.25) is 0 Å². The number of para-hydroxylation sites is 1. The Kier molecular flexibility index (Phi) is 5.80. The van der Waals surface area contributed by atoms with Gasteiger partial charge in [-0.2, -0.15) is 0 Å². The summed E-state index contributed by atoms with van der Waals surface area (Å²) in [7, 11) is 1.84. The van der Waals surface area contributed by atoms with E-state index in [2.05, 4.69) is 16.0 Å². The molecule has 0 fully saturated rings. The van der Waals surface area contributed by atoms with E-state index < -0.39 is 0 Å². The Bertz CT molecular complexity index is 966. The van der Waals surface area contributed by atoms with Crippen LogP contribution in [-0.4, -0.2) is 39.5 Å². The van der Waals surface area contributed by atoms with Crippen molar-refractivity contribution in [2.24, 2.45) is 4.99 Å². The highest BCUT2D eigenvalue weighted by Gasteiger charge is 2.18. The minimum atomic E-state index is 0.0338. The van der Waals surface area contributed by atoms with Gasteiger partial charge < -0.3 is 4.90 Å². The topological polar surface area (TPSA) is 45.6 Å². The molecule has 0 atom stereocenters.